The van der Waals surface area contributed by atoms with Crippen molar-refractivity contribution in [1.29, 1.82) is 0 Å². The molecule has 0 atom stereocenters. The SMILES string of the molecule is CCCCCCCCSCc1c(Cl)cccc1Cl. The molecule has 0 aromatic heterocycles. The first-order valence-electron chi connectivity index (χ1n) is 6.76. The highest BCUT2D eigenvalue weighted by atomic mass is 35.5. The first-order chi connectivity index (χ1) is 8.75. The lowest BCUT2D eigenvalue weighted by atomic mass is 10.1. The summed E-state index contributed by atoms with van der Waals surface area (Å²) in [5.74, 6) is 2.13. The van der Waals surface area contributed by atoms with Crippen LogP contribution < -0.4 is 0 Å². The standard InChI is InChI=1S/C15H22Cl2S/c1-2-3-4-5-6-7-11-18-12-13-14(16)9-8-10-15(13)17/h8-10H,2-7,11-12H2,1H3. The van der Waals surface area contributed by atoms with Gasteiger partial charge in [0.1, 0.15) is 0 Å². The molecule has 1 aromatic carbocycles. The molecule has 1 aromatic rings. The summed E-state index contributed by atoms with van der Waals surface area (Å²) in [6.45, 7) is 2.25. The first-order valence-corrected chi connectivity index (χ1v) is 8.67. The summed E-state index contributed by atoms with van der Waals surface area (Å²) >= 11 is 14.2. The highest BCUT2D eigenvalue weighted by molar-refractivity contribution is 7.98. The zero-order valence-electron chi connectivity index (χ0n) is 11.1. The van der Waals surface area contributed by atoms with E-state index in [0.29, 0.717) is 0 Å². The van der Waals surface area contributed by atoms with Crippen molar-refractivity contribution < 1.29 is 0 Å². The van der Waals surface area contributed by atoms with Gasteiger partial charge in [-0.2, -0.15) is 11.8 Å². The predicted octanol–water partition coefficient (Wildman–Crippen LogP) is 6.59. The van der Waals surface area contributed by atoms with Gasteiger partial charge >= 0.3 is 0 Å². The quantitative estimate of drug-likeness (QED) is 0.464. The van der Waals surface area contributed by atoms with E-state index in [9.17, 15) is 0 Å². The van der Waals surface area contributed by atoms with Crippen LogP contribution in [0, 0.1) is 0 Å². The molecule has 0 radical (unpaired) electrons. The Morgan fingerprint density at radius 1 is 0.944 bits per heavy atom. The van der Waals surface area contributed by atoms with Gasteiger partial charge in [-0.3, -0.25) is 0 Å². The summed E-state index contributed by atoms with van der Waals surface area (Å²) in [6, 6.07) is 5.72. The van der Waals surface area contributed by atoms with Crippen molar-refractivity contribution in [2.24, 2.45) is 0 Å². The number of hydrogen-bond donors (Lipinski definition) is 0. The summed E-state index contributed by atoms with van der Waals surface area (Å²) in [5, 5.41) is 1.58. The molecule has 0 nitrogen and oxygen atoms in total. The summed E-state index contributed by atoms with van der Waals surface area (Å²) in [5.41, 5.74) is 1.08. The van der Waals surface area contributed by atoms with Crippen LogP contribution in [0.25, 0.3) is 0 Å². The highest BCUT2D eigenvalue weighted by Gasteiger charge is 2.04. The van der Waals surface area contributed by atoms with E-state index >= 15 is 0 Å². The summed E-state index contributed by atoms with van der Waals surface area (Å²) in [6.07, 6.45) is 8.11. The van der Waals surface area contributed by atoms with Crippen molar-refractivity contribution in [3.05, 3.63) is 33.8 Å². The minimum Gasteiger partial charge on any atom is -0.157 e. The minimum absolute atomic E-state index is 0.790. The first kappa shape index (κ1) is 16.2. The van der Waals surface area contributed by atoms with E-state index in [1.54, 1.807) is 0 Å². The van der Waals surface area contributed by atoms with Crippen LogP contribution in [0.2, 0.25) is 10.0 Å². The van der Waals surface area contributed by atoms with Gasteiger partial charge in [0.2, 0.25) is 0 Å². The fraction of sp³-hybridized carbons (Fsp3) is 0.600. The Bertz CT molecular complexity index is 319. The van der Waals surface area contributed by atoms with Crippen LogP contribution in [0.3, 0.4) is 0 Å². The van der Waals surface area contributed by atoms with E-state index in [2.05, 4.69) is 6.92 Å². The monoisotopic (exact) mass is 304 g/mol. The maximum atomic E-state index is 6.13. The fourth-order valence-corrected chi connectivity index (χ4v) is 3.59. The lowest BCUT2D eigenvalue weighted by Crippen LogP contribution is -1.87. The number of halogens is 2. The molecule has 0 spiro atoms. The third-order valence-electron chi connectivity index (χ3n) is 2.95. The molecule has 0 fully saturated rings. The predicted molar refractivity (Wildman–Crippen MR) is 86.0 cm³/mol. The molecule has 0 heterocycles. The van der Waals surface area contributed by atoms with Gasteiger partial charge in [-0.25, -0.2) is 0 Å². The van der Waals surface area contributed by atoms with Crippen LogP contribution >= 0.6 is 35.0 Å². The third-order valence-corrected chi connectivity index (χ3v) is 4.73. The maximum absolute atomic E-state index is 6.13. The molecular weight excluding hydrogens is 283 g/mol. The van der Waals surface area contributed by atoms with Crippen molar-refractivity contribution in [3.8, 4) is 0 Å². The molecule has 0 bridgehead atoms. The molecule has 0 N–H and O–H groups in total. The van der Waals surface area contributed by atoms with Crippen LogP contribution in [0.4, 0.5) is 0 Å². The molecule has 0 aliphatic rings. The Morgan fingerprint density at radius 2 is 1.56 bits per heavy atom. The van der Waals surface area contributed by atoms with Gasteiger partial charge in [0.15, 0.2) is 0 Å². The van der Waals surface area contributed by atoms with Gasteiger partial charge in [-0.1, -0.05) is 68.3 Å². The average molecular weight is 305 g/mol. The third kappa shape index (κ3) is 6.36. The summed E-state index contributed by atoms with van der Waals surface area (Å²) in [4.78, 5) is 0. The van der Waals surface area contributed by atoms with Crippen molar-refractivity contribution >= 4 is 35.0 Å². The Morgan fingerprint density at radius 3 is 2.22 bits per heavy atom. The van der Waals surface area contributed by atoms with E-state index in [-0.39, 0.29) is 0 Å². The van der Waals surface area contributed by atoms with Gasteiger partial charge in [0, 0.05) is 15.8 Å². The second kappa shape index (κ2) is 10.00. The van der Waals surface area contributed by atoms with Crippen LogP contribution in [-0.2, 0) is 5.75 Å². The van der Waals surface area contributed by atoms with E-state index in [0.717, 1.165) is 21.4 Å². The van der Waals surface area contributed by atoms with Crippen LogP contribution in [0.5, 0.6) is 0 Å². The smallest absolute Gasteiger partial charge is 0.0461 e. The summed E-state index contributed by atoms with van der Waals surface area (Å²) < 4.78 is 0. The van der Waals surface area contributed by atoms with Gasteiger partial charge in [0.05, 0.1) is 0 Å². The second-order valence-corrected chi connectivity index (χ2v) is 6.44. The van der Waals surface area contributed by atoms with Crippen LogP contribution in [-0.4, -0.2) is 5.75 Å². The topological polar surface area (TPSA) is 0 Å². The number of hydrogen-bond acceptors (Lipinski definition) is 1. The largest absolute Gasteiger partial charge is 0.157 e. The van der Waals surface area contributed by atoms with E-state index in [1.165, 1.54) is 44.3 Å². The molecule has 0 aliphatic carbocycles. The van der Waals surface area contributed by atoms with Gasteiger partial charge in [-0.15, -0.1) is 0 Å². The molecule has 0 aliphatic heterocycles. The zero-order chi connectivity index (χ0) is 13.2. The minimum atomic E-state index is 0.790. The molecule has 0 saturated carbocycles. The van der Waals surface area contributed by atoms with E-state index < -0.39 is 0 Å². The molecular formula is C15H22Cl2S. The van der Waals surface area contributed by atoms with Crippen LogP contribution in [0.1, 0.15) is 51.0 Å². The normalized spacial score (nSPS) is 10.8. The number of thioether (sulfide) groups is 1. The zero-order valence-corrected chi connectivity index (χ0v) is 13.4. The van der Waals surface area contributed by atoms with E-state index in [1.807, 2.05) is 30.0 Å². The molecule has 3 heteroatoms. The Balaban J connectivity index is 2.11. The number of benzene rings is 1. The highest BCUT2D eigenvalue weighted by Crippen LogP contribution is 2.28. The molecule has 0 amide bonds. The molecule has 102 valence electrons. The number of unbranched alkanes of at least 4 members (excludes halogenated alkanes) is 5. The van der Waals surface area contributed by atoms with Crippen molar-refractivity contribution in [1.82, 2.24) is 0 Å². The molecule has 1 rings (SSSR count). The van der Waals surface area contributed by atoms with Gasteiger partial charge < -0.3 is 0 Å². The van der Waals surface area contributed by atoms with Crippen molar-refractivity contribution in [2.75, 3.05) is 5.75 Å². The lowest BCUT2D eigenvalue weighted by molar-refractivity contribution is 0.627. The second-order valence-electron chi connectivity index (χ2n) is 4.52. The Labute approximate surface area is 125 Å². The molecule has 0 unspecified atom stereocenters. The maximum Gasteiger partial charge on any atom is 0.0461 e. The van der Waals surface area contributed by atoms with E-state index in [4.69, 9.17) is 23.2 Å². The lowest BCUT2D eigenvalue weighted by Gasteiger charge is -2.06. The van der Waals surface area contributed by atoms with Crippen LogP contribution in [0.15, 0.2) is 18.2 Å². The van der Waals surface area contributed by atoms with Gasteiger partial charge in [-0.05, 0) is 29.9 Å². The fourth-order valence-electron chi connectivity index (χ4n) is 1.83. The molecule has 18 heavy (non-hydrogen) atoms. The Hall–Kier alpha value is 0.150. The average Bonchev–Trinajstić information content (AvgIpc) is 2.35. The van der Waals surface area contributed by atoms with Crippen molar-refractivity contribution in [2.45, 2.75) is 51.2 Å². The van der Waals surface area contributed by atoms with Crippen molar-refractivity contribution in [3.63, 3.8) is 0 Å². The number of rotatable bonds is 9. The summed E-state index contributed by atoms with van der Waals surface area (Å²) in [7, 11) is 0. The Kier molecular flexibility index (Phi) is 9.00. The van der Waals surface area contributed by atoms with Gasteiger partial charge in [0.25, 0.3) is 0 Å². The molecule has 0 saturated heterocycles.